The molecular weight excluding hydrogens is 428 g/mol. The quantitative estimate of drug-likeness (QED) is 0.461. The Kier molecular flexibility index (Phi) is 5.35. The number of carbonyl (C=O) groups excluding carboxylic acids is 1. The molecule has 4 aromatic rings. The Morgan fingerprint density at radius 1 is 1.16 bits per heavy atom. The van der Waals surface area contributed by atoms with Crippen LogP contribution in [-0.2, 0) is 24.8 Å². The van der Waals surface area contributed by atoms with Crippen LogP contribution in [0.5, 0.6) is 0 Å². The van der Waals surface area contributed by atoms with Crippen molar-refractivity contribution in [2.75, 3.05) is 6.54 Å². The van der Waals surface area contributed by atoms with Crippen molar-refractivity contribution >= 4 is 28.5 Å². The van der Waals surface area contributed by atoms with Gasteiger partial charge in [-0.05, 0) is 42.7 Å². The van der Waals surface area contributed by atoms with Gasteiger partial charge in [0.2, 0.25) is 11.8 Å². The fourth-order valence-corrected chi connectivity index (χ4v) is 4.55. The molecule has 0 aliphatic carbocycles. The number of para-hydroxylation sites is 2. The highest BCUT2D eigenvalue weighted by Crippen LogP contribution is 2.32. The summed E-state index contributed by atoms with van der Waals surface area (Å²) in [7, 11) is 1.72. The number of carbonyl (C=O) groups is 1. The van der Waals surface area contributed by atoms with Crippen molar-refractivity contribution in [1.29, 1.82) is 0 Å². The summed E-state index contributed by atoms with van der Waals surface area (Å²) in [5.41, 5.74) is 2.44. The number of aryl methyl sites for hydroxylation is 1. The summed E-state index contributed by atoms with van der Waals surface area (Å²) in [5.74, 6) is 1.18. The second kappa shape index (κ2) is 8.31. The topological polar surface area (TPSA) is 73.3 Å². The van der Waals surface area contributed by atoms with Crippen LogP contribution in [0, 0.1) is 0 Å². The summed E-state index contributed by atoms with van der Waals surface area (Å²) in [6.45, 7) is 0.618. The van der Waals surface area contributed by atoms with Crippen molar-refractivity contribution in [3.8, 4) is 0 Å². The van der Waals surface area contributed by atoms with Crippen LogP contribution in [-0.4, -0.2) is 31.5 Å². The molecule has 2 aromatic carbocycles. The zero-order valence-corrected chi connectivity index (χ0v) is 18.5. The summed E-state index contributed by atoms with van der Waals surface area (Å²) in [6, 6.07) is 14.9. The van der Waals surface area contributed by atoms with E-state index in [1.54, 1.807) is 22.7 Å². The van der Waals surface area contributed by atoms with Gasteiger partial charge in [-0.3, -0.25) is 13.9 Å². The minimum atomic E-state index is -0.216. The normalized spacial score (nSPS) is 16.2. The average Bonchev–Trinajstić information content (AvgIpc) is 3.51. The van der Waals surface area contributed by atoms with Crippen LogP contribution in [0.3, 0.4) is 0 Å². The van der Waals surface area contributed by atoms with Crippen molar-refractivity contribution in [2.45, 2.75) is 31.8 Å². The van der Waals surface area contributed by atoms with Crippen LogP contribution in [0.1, 0.15) is 36.1 Å². The summed E-state index contributed by atoms with van der Waals surface area (Å²) in [4.78, 5) is 32.2. The minimum Gasteiger partial charge on any atom is -0.443 e. The van der Waals surface area contributed by atoms with E-state index in [1.165, 1.54) is 4.57 Å². The molecule has 8 heteroatoms. The van der Waals surface area contributed by atoms with Crippen molar-refractivity contribution in [3.05, 3.63) is 87.4 Å². The molecule has 2 aromatic heterocycles. The Labute approximate surface area is 189 Å². The highest BCUT2D eigenvalue weighted by Gasteiger charge is 2.33. The Hall–Kier alpha value is -3.32. The number of imidazole rings is 1. The second-order valence-corrected chi connectivity index (χ2v) is 8.57. The first-order chi connectivity index (χ1) is 15.5. The molecule has 1 aliphatic heterocycles. The van der Waals surface area contributed by atoms with E-state index in [4.69, 9.17) is 16.0 Å². The third-order valence-corrected chi connectivity index (χ3v) is 6.32. The van der Waals surface area contributed by atoms with E-state index in [0.29, 0.717) is 23.9 Å². The summed E-state index contributed by atoms with van der Waals surface area (Å²) in [5, 5.41) is 0.692. The van der Waals surface area contributed by atoms with Crippen LogP contribution in [0.15, 0.2) is 63.9 Å². The van der Waals surface area contributed by atoms with E-state index in [9.17, 15) is 9.59 Å². The minimum absolute atomic E-state index is 0.00493. The number of fused-ring (bicyclic) bond motifs is 1. The molecular formula is C24H23ClN4O3. The molecule has 0 N–H and O–H groups in total. The zero-order chi connectivity index (χ0) is 22.2. The van der Waals surface area contributed by atoms with E-state index in [0.717, 1.165) is 35.2 Å². The number of nitrogens with zero attached hydrogens (tertiary/aromatic N) is 4. The lowest BCUT2D eigenvalue weighted by Crippen LogP contribution is -2.36. The third-order valence-electron chi connectivity index (χ3n) is 6.07. The van der Waals surface area contributed by atoms with Crippen LogP contribution < -0.4 is 5.69 Å². The van der Waals surface area contributed by atoms with Crippen LogP contribution in [0.25, 0.3) is 11.0 Å². The number of oxazole rings is 1. The number of aromatic nitrogens is 3. The summed E-state index contributed by atoms with van der Waals surface area (Å²) < 4.78 is 9.13. The first-order valence-corrected chi connectivity index (χ1v) is 11.0. The molecule has 1 atom stereocenters. The fraction of sp³-hybridized carbons (Fsp3) is 0.292. The predicted octanol–water partition coefficient (Wildman–Crippen LogP) is 3.94. The summed E-state index contributed by atoms with van der Waals surface area (Å²) in [6.07, 6.45) is 3.99. The zero-order valence-electron chi connectivity index (χ0n) is 17.7. The SMILES string of the molecule is Cn1c(=O)n(CC(=O)N2CCCC2c2ncc(Cc3ccc(Cl)cc3)o2)c2ccccc21. The number of hydrogen-bond acceptors (Lipinski definition) is 4. The van der Waals surface area contributed by atoms with Crippen molar-refractivity contribution < 1.29 is 9.21 Å². The number of rotatable bonds is 5. The molecule has 5 rings (SSSR count). The van der Waals surface area contributed by atoms with E-state index in [1.807, 2.05) is 48.5 Å². The largest absolute Gasteiger partial charge is 0.443 e. The number of amides is 1. The Bertz CT molecular complexity index is 1340. The first kappa shape index (κ1) is 20.6. The average molecular weight is 451 g/mol. The van der Waals surface area contributed by atoms with Crippen molar-refractivity contribution in [2.24, 2.45) is 7.05 Å². The maximum absolute atomic E-state index is 13.2. The van der Waals surface area contributed by atoms with Gasteiger partial charge in [0.1, 0.15) is 18.3 Å². The monoisotopic (exact) mass is 450 g/mol. The molecule has 1 fully saturated rings. The van der Waals surface area contributed by atoms with Gasteiger partial charge in [-0.1, -0.05) is 35.9 Å². The van der Waals surface area contributed by atoms with Gasteiger partial charge in [-0.15, -0.1) is 0 Å². The molecule has 32 heavy (non-hydrogen) atoms. The second-order valence-electron chi connectivity index (χ2n) is 8.13. The maximum Gasteiger partial charge on any atom is 0.329 e. The van der Waals surface area contributed by atoms with Gasteiger partial charge in [0, 0.05) is 25.0 Å². The van der Waals surface area contributed by atoms with Crippen LogP contribution in [0.2, 0.25) is 5.02 Å². The van der Waals surface area contributed by atoms with Gasteiger partial charge in [0.25, 0.3) is 0 Å². The highest BCUT2D eigenvalue weighted by molar-refractivity contribution is 6.30. The highest BCUT2D eigenvalue weighted by atomic mass is 35.5. The van der Waals surface area contributed by atoms with E-state index in [-0.39, 0.29) is 24.2 Å². The Balaban J connectivity index is 1.35. The molecule has 0 radical (unpaired) electrons. The number of likely N-dealkylation sites (tertiary alicyclic amines) is 1. The molecule has 0 spiro atoms. The number of hydrogen-bond donors (Lipinski definition) is 0. The van der Waals surface area contributed by atoms with E-state index < -0.39 is 0 Å². The lowest BCUT2D eigenvalue weighted by Gasteiger charge is -2.22. The molecule has 0 bridgehead atoms. The van der Waals surface area contributed by atoms with Gasteiger partial charge >= 0.3 is 5.69 Å². The van der Waals surface area contributed by atoms with Gasteiger partial charge in [0.05, 0.1) is 17.2 Å². The third kappa shape index (κ3) is 3.73. The molecule has 1 amide bonds. The molecule has 7 nitrogen and oxygen atoms in total. The van der Waals surface area contributed by atoms with Crippen LogP contribution in [0.4, 0.5) is 0 Å². The summed E-state index contributed by atoms with van der Waals surface area (Å²) >= 11 is 5.96. The predicted molar refractivity (Wildman–Crippen MR) is 122 cm³/mol. The first-order valence-electron chi connectivity index (χ1n) is 10.6. The maximum atomic E-state index is 13.2. The molecule has 3 heterocycles. The van der Waals surface area contributed by atoms with Gasteiger partial charge in [-0.25, -0.2) is 9.78 Å². The lowest BCUT2D eigenvalue weighted by molar-refractivity contribution is -0.133. The molecule has 1 saturated heterocycles. The van der Waals surface area contributed by atoms with E-state index >= 15 is 0 Å². The molecule has 1 unspecified atom stereocenters. The van der Waals surface area contributed by atoms with Crippen LogP contribution >= 0.6 is 11.6 Å². The van der Waals surface area contributed by atoms with Gasteiger partial charge in [0.15, 0.2) is 0 Å². The lowest BCUT2D eigenvalue weighted by atomic mass is 10.1. The van der Waals surface area contributed by atoms with Gasteiger partial charge in [-0.2, -0.15) is 0 Å². The number of benzene rings is 2. The Morgan fingerprint density at radius 3 is 2.69 bits per heavy atom. The fourth-order valence-electron chi connectivity index (χ4n) is 4.43. The molecule has 0 saturated carbocycles. The standard InChI is InChI=1S/C24H23ClN4O3/c1-27-19-5-2-3-6-20(19)29(24(27)31)15-22(30)28-12-4-7-21(28)23-26-14-18(32-23)13-16-8-10-17(25)11-9-16/h2-3,5-6,8-11,14,21H,4,7,12-13,15H2,1H3. The van der Waals surface area contributed by atoms with Crippen molar-refractivity contribution in [3.63, 3.8) is 0 Å². The number of halogens is 1. The molecule has 1 aliphatic rings. The van der Waals surface area contributed by atoms with E-state index in [2.05, 4.69) is 4.98 Å². The smallest absolute Gasteiger partial charge is 0.329 e. The molecule has 164 valence electrons. The van der Waals surface area contributed by atoms with Crippen molar-refractivity contribution in [1.82, 2.24) is 19.0 Å². The van der Waals surface area contributed by atoms with Gasteiger partial charge < -0.3 is 9.32 Å². The Morgan fingerprint density at radius 2 is 1.91 bits per heavy atom.